The highest BCUT2D eigenvalue weighted by atomic mass is 16.2. The number of H-pyrrole nitrogens is 1. The van der Waals surface area contributed by atoms with Crippen molar-refractivity contribution in [3.8, 4) is 0 Å². The van der Waals surface area contributed by atoms with Crippen molar-refractivity contribution >= 4 is 16.9 Å². The number of hydrogen-bond donors (Lipinski definition) is 2. The largest absolute Gasteiger partial charge is 0.346 e. The number of amides is 1. The maximum Gasteiger partial charge on any atom is 0.273 e. The van der Waals surface area contributed by atoms with Crippen LogP contribution in [0.1, 0.15) is 70.3 Å². The minimum Gasteiger partial charge on any atom is -0.346 e. The highest BCUT2D eigenvalue weighted by Crippen LogP contribution is 2.42. The summed E-state index contributed by atoms with van der Waals surface area (Å²) >= 11 is 0. The van der Waals surface area contributed by atoms with Crippen LogP contribution in [0.25, 0.3) is 11.0 Å². The standard InChI is InChI=1S/C24H28N8O/c1-15-6-7-17(12-25-15)13-26-24(33)21-14-32(31-29-21)10-4-3-5-19-11-20-16(2)22(18-8-9-18)27-23(20)30-28-19/h6-7,11-12,14,18H,3-5,8-10,13H2,1-2H3,(H,26,33)(H,27,30). The second-order valence-electron chi connectivity index (χ2n) is 8.85. The molecule has 0 radical (unpaired) electrons. The number of unbranched alkanes of at least 4 members (excludes halogenated alkanes) is 1. The number of pyridine rings is 1. The first-order chi connectivity index (χ1) is 16.1. The van der Waals surface area contributed by atoms with Gasteiger partial charge in [0, 0.05) is 36.1 Å². The molecule has 33 heavy (non-hydrogen) atoms. The van der Waals surface area contributed by atoms with Gasteiger partial charge in [-0.15, -0.1) is 10.2 Å². The van der Waals surface area contributed by atoms with Gasteiger partial charge in [-0.05, 0) is 75.1 Å². The van der Waals surface area contributed by atoms with Gasteiger partial charge in [0.2, 0.25) is 0 Å². The van der Waals surface area contributed by atoms with E-state index < -0.39 is 0 Å². The van der Waals surface area contributed by atoms with E-state index in [0.717, 1.165) is 41.9 Å². The zero-order valence-corrected chi connectivity index (χ0v) is 19.0. The number of carbonyl (C=O) groups excluding carboxylic acids is 1. The molecule has 2 N–H and O–H groups in total. The molecule has 1 saturated carbocycles. The Morgan fingerprint density at radius 1 is 1.18 bits per heavy atom. The molecular weight excluding hydrogens is 416 g/mol. The Morgan fingerprint density at radius 2 is 2.06 bits per heavy atom. The number of rotatable bonds is 9. The Balaban J connectivity index is 1.09. The molecule has 170 valence electrons. The molecule has 1 aliphatic rings. The minimum absolute atomic E-state index is 0.238. The third-order valence-electron chi connectivity index (χ3n) is 6.16. The van der Waals surface area contributed by atoms with Crippen LogP contribution in [0.15, 0.2) is 30.6 Å². The van der Waals surface area contributed by atoms with Crippen LogP contribution in [-0.4, -0.2) is 41.1 Å². The quantitative estimate of drug-likeness (QED) is 0.383. The van der Waals surface area contributed by atoms with E-state index in [9.17, 15) is 4.79 Å². The Hall–Kier alpha value is -3.62. The molecule has 4 heterocycles. The number of aromatic nitrogens is 7. The van der Waals surface area contributed by atoms with Gasteiger partial charge in [0.25, 0.3) is 5.91 Å². The molecule has 4 aromatic heterocycles. The summed E-state index contributed by atoms with van der Waals surface area (Å²) in [5, 5.41) is 20.9. The number of carbonyl (C=O) groups is 1. The fourth-order valence-corrected chi connectivity index (χ4v) is 4.05. The number of aryl methyl sites for hydroxylation is 4. The Morgan fingerprint density at radius 3 is 2.85 bits per heavy atom. The van der Waals surface area contributed by atoms with Gasteiger partial charge < -0.3 is 10.3 Å². The highest BCUT2D eigenvalue weighted by molar-refractivity contribution is 5.91. The number of fused-ring (bicyclic) bond motifs is 1. The molecule has 4 aromatic rings. The molecule has 0 saturated heterocycles. The third-order valence-corrected chi connectivity index (χ3v) is 6.16. The van der Waals surface area contributed by atoms with Gasteiger partial charge >= 0.3 is 0 Å². The lowest BCUT2D eigenvalue weighted by atomic mass is 10.1. The van der Waals surface area contributed by atoms with Crippen molar-refractivity contribution in [3.05, 3.63) is 64.5 Å². The number of nitrogens with zero attached hydrogens (tertiary/aromatic N) is 6. The van der Waals surface area contributed by atoms with Crippen LogP contribution >= 0.6 is 0 Å². The summed E-state index contributed by atoms with van der Waals surface area (Å²) in [5.41, 5.74) is 6.76. The molecule has 1 aliphatic carbocycles. The Bertz CT molecular complexity index is 1270. The van der Waals surface area contributed by atoms with E-state index in [-0.39, 0.29) is 5.91 Å². The average Bonchev–Trinajstić information content (AvgIpc) is 3.47. The maximum atomic E-state index is 12.3. The predicted molar refractivity (Wildman–Crippen MR) is 124 cm³/mol. The van der Waals surface area contributed by atoms with Gasteiger partial charge in [0.05, 0.1) is 11.9 Å². The van der Waals surface area contributed by atoms with E-state index in [1.54, 1.807) is 17.1 Å². The van der Waals surface area contributed by atoms with Gasteiger partial charge in [-0.1, -0.05) is 11.3 Å². The molecule has 9 nitrogen and oxygen atoms in total. The lowest BCUT2D eigenvalue weighted by Gasteiger charge is -2.03. The van der Waals surface area contributed by atoms with Crippen molar-refractivity contribution in [2.24, 2.45) is 0 Å². The molecule has 1 fully saturated rings. The molecule has 0 spiro atoms. The summed E-state index contributed by atoms with van der Waals surface area (Å²) in [7, 11) is 0. The normalized spacial score (nSPS) is 13.5. The summed E-state index contributed by atoms with van der Waals surface area (Å²) in [6, 6.07) is 6.04. The van der Waals surface area contributed by atoms with Crippen molar-refractivity contribution in [1.29, 1.82) is 0 Å². The monoisotopic (exact) mass is 444 g/mol. The topological polar surface area (TPSA) is 114 Å². The summed E-state index contributed by atoms with van der Waals surface area (Å²) in [6.07, 6.45) is 8.72. The van der Waals surface area contributed by atoms with Gasteiger partial charge in [-0.25, -0.2) is 0 Å². The summed E-state index contributed by atoms with van der Waals surface area (Å²) < 4.78 is 1.72. The predicted octanol–water partition coefficient (Wildman–Crippen LogP) is 3.39. The van der Waals surface area contributed by atoms with E-state index in [1.165, 1.54) is 29.5 Å². The van der Waals surface area contributed by atoms with Crippen LogP contribution in [0.3, 0.4) is 0 Å². The maximum absolute atomic E-state index is 12.3. The summed E-state index contributed by atoms with van der Waals surface area (Å²) in [4.78, 5) is 20.0. The molecule has 1 amide bonds. The van der Waals surface area contributed by atoms with Crippen LogP contribution in [0, 0.1) is 13.8 Å². The Labute approximate surface area is 192 Å². The van der Waals surface area contributed by atoms with Gasteiger partial charge in [-0.3, -0.25) is 14.5 Å². The first-order valence-electron chi connectivity index (χ1n) is 11.5. The SMILES string of the molecule is Cc1ccc(CNC(=O)c2cn(CCCCc3cc4c(C)c(C5CC5)[nH]c4nn3)nn2)cn1. The van der Waals surface area contributed by atoms with Crippen LogP contribution in [0.4, 0.5) is 0 Å². The van der Waals surface area contributed by atoms with Gasteiger partial charge in [0.1, 0.15) is 0 Å². The second kappa shape index (κ2) is 9.09. The lowest BCUT2D eigenvalue weighted by Crippen LogP contribution is -2.23. The van der Waals surface area contributed by atoms with Crippen molar-refractivity contribution in [3.63, 3.8) is 0 Å². The molecule has 0 bridgehead atoms. The van der Waals surface area contributed by atoms with Crippen molar-refractivity contribution in [2.45, 2.75) is 65.0 Å². The molecular formula is C24H28N8O. The minimum atomic E-state index is -0.238. The lowest BCUT2D eigenvalue weighted by molar-refractivity contribution is 0.0946. The highest BCUT2D eigenvalue weighted by Gasteiger charge is 2.27. The Kier molecular flexibility index (Phi) is 5.85. The van der Waals surface area contributed by atoms with E-state index >= 15 is 0 Å². The number of nitrogens with one attached hydrogen (secondary N) is 2. The zero-order chi connectivity index (χ0) is 22.8. The van der Waals surface area contributed by atoms with Crippen LogP contribution in [-0.2, 0) is 19.5 Å². The van der Waals surface area contributed by atoms with Crippen molar-refractivity contribution in [1.82, 2.24) is 40.5 Å². The zero-order valence-electron chi connectivity index (χ0n) is 19.0. The summed E-state index contributed by atoms with van der Waals surface area (Å²) in [5.74, 6) is 0.440. The molecule has 0 aromatic carbocycles. The summed E-state index contributed by atoms with van der Waals surface area (Å²) in [6.45, 7) is 5.22. The first kappa shape index (κ1) is 21.2. The average molecular weight is 445 g/mol. The second-order valence-corrected chi connectivity index (χ2v) is 8.85. The van der Waals surface area contributed by atoms with E-state index in [2.05, 4.69) is 48.8 Å². The van der Waals surface area contributed by atoms with Crippen LogP contribution in [0.2, 0.25) is 0 Å². The van der Waals surface area contributed by atoms with Crippen molar-refractivity contribution < 1.29 is 4.79 Å². The molecule has 0 aliphatic heterocycles. The van der Waals surface area contributed by atoms with E-state index in [1.807, 2.05) is 19.1 Å². The van der Waals surface area contributed by atoms with Gasteiger partial charge in [-0.2, -0.15) is 5.10 Å². The number of aromatic amines is 1. The van der Waals surface area contributed by atoms with Crippen LogP contribution in [0.5, 0.6) is 0 Å². The number of hydrogen-bond acceptors (Lipinski definition) is 6. The van der Waals surface area contributed by atoms with Gasteiger partial charge in [0.15, 0.2) is 11.3 Å². The first-order valence-corrected chi connectivity index (χ1v) is 11.5. The molecule has 0 atom stereocenters. The third kappa shape index (κ3) is 4.92. The van der Waals surface area contributed by atoms with Crippen LogP contribution < -0.4 is 5.32 Å². The van der Waals surface area contributed by atoms with E-state index in [0.29, 0.717) is 24.7 Å². The van der Waals surface area contributed by atoms with E-state index in [4.69, 9.17) is 0 Å². The van der Waals surface area contributed by atoms with Crippen molar-refractivity contribution in [2.75, 3.05) is 0 Å². The smallest absolute Gasteiger partial charge is 0.273 e. The molecule has 5 rings (SSSR count). The molecule has 0 unspecified atom stereocenters. The molecule has 9 heteroatoms. The fraction of sp³-hybridized carbons (Fsp3) is 0.417. The fourth-order valence-electron chi connectivity index (χ4n) is 4.05.